The monoisotopic (exact) mass is 372 g/mol. The Labute approximate surface area is 152 Å². The maximum Gasteiger partial charge on any atom is 0.387 e. The number of hydrogen-bond donors (Lipinski definition) is 1. The van der Waals surface area contributed by atoms with Gasteiger partial charge in [-0.1, -0.05) is 30.3 Å². The van der Waals surface area contributed by atoms with Crippen LogP contribution in [0.4, 0.5) is 8.78 Å². The topological polar surface area (TPSA) is 94.3 Å². The van der Waals surface area contributed by atoms with Gasteiger partial charge in [0.1, 0.15) is 12.3 Å². The number of tetrazole rings is 1. The Morgan fingerprint density at radius 2 is 1.93 bits per heavy atom. The summed E-state index contributed by atoms with van der Waals surface area (Å²) >= 11 is 0. The number of hydrogen-bond acceptors (Lipinski definition) is 6. The van der Waals surface area contributed by atoms with Crippen LogP contribution in [-0.4, -0.2) is 38.9 Å². The smallest absolute Gasteiger partial charge is 0.387 e. The second-order valence-corrected chi connectivity index (χ2v) is 5.25. The number of ether oxygens (including phenoxy) is 1. The fraction of sp³-hybridized carbons (Fsp3) is 0.118. The molecule has 0 fully saturated rings. The van der Waals surface area contributed by atoms with Crippen LogP contribution in [0.3, 0.4) is 0 Å². The number of rotatable bonds is 7. The molecule has 0 saturated carbocycles. The van der Waals surface area contributed by atoms with Crippen LogP contribution in [0.5, 0.6) is 5.75 Å². The zero-order valence-corrected chi connectivity index (χ0v) is 13.9. The van der Waals surface area contributed by atoms with Crippen LogP contribution in [0.15, 0.2) is 59.7 Å². The summed E-state index contributed by atoms with van der Waals surface area (Å²) in [4.78, 5) is 13.0. The molecule has 0 bridgehead atoms. The van der Waals surface area contributed by atoms with Gasteiger partial charge >= 0.3 is 6.61 Å². The van der Waals surface area contributed by atoms with Gasteiger partial charge in [-0.3, -0.25) is 4.79 Å². The summed E-state index contributed by atoms with van der Waals surface area (Å²) in [6, 6.07) is 15.1. The minimum Gasteiger partial charge on any atom is -0.435 e. The number of benzene rings is 2. The molecule has 8 nitrogen and oxygen atoms in total. The molecule has 1 N–H and O–H groups in total. The summed E-state index contributed by atoms with van der Waals surface area (Å²) in [6.07, 6.45) is 1.37. The zero-order chi connectivity index (χ0) is 19.1. The predicted octanol–water partition coefficient (Wildman–Crippen LogP) is 2.09. The molecule has 3 rings (SSSR count). The van der Waals surface area contributed by atoms with Gasteiger partial charge in [-0.25, -0.2) is 5.43 Å². The van der Waals surface area contributed by atoms with E-state index in [4.69, 9.17) is 0 Å². The third-order valence-electron chi connectivity index (χ3n) is 3.28. The van der Waals surface area contributed by atoms with Crippen molar-refractivity contribution in [2.75, 3.05) is 0 Å². The first-order valence-electron chi connectivity index (χ1n) is 7.80. The van der Waals surface area contributed by atoms with Crippen LogP contribution in [0.1, 0.15) is 5.56 Å². The first-order chi connectivity index (χ1) is 13.1. The molecule has 0 saturated heterocycles. The highest BCUT2D eigenvalue weighted by Crippen LogP contribution is 2.14. The average molecular weight is 372 g/mol. The van der Waals surface area contributed by atoms with Crippen LogP contribution < -0.4 is 10.2 Å². The minimum atomic E-state index is -2.88. The standard InChI is InChI=1S/C17H14F2N6O2/c18-17(19)27-14-8-6-12(7-9-14)10-20-21-15(26)11-25-23-16(22-24-25)13-4-2-1-3-5-13/h1-10,17H,11H2,(H,21,26)/b20-10+. The van der Waals surface area contributed by atoms with E-state index in [2.05, 4.69) is 30.7 Å². The second-order valence-electron chi connectivity index (χ2n) is 5.25. The Balaban J connectivity index is 1.51. The molecule has 1 aromatic heterocycles. The van der Waals surface area contributed by atoms with Gasteiger partial charge in [0.2, 0.25) is 5.82 Å². The summed E-state index contributed by atoms with van der Waals surface area (Å²) in [6.45, 7) is -3.03. The van der Waals surface area contributed by atoms with Gasteiger partial charge in [0.25, 0.3) is 5.91 Å². The van der Waals surface area contributed by atoms with Gasteiger partial charge in [0.15, 0.2) is 0 Å². The van der Waals surface area contributed by atoms with E-state index in [9.17, 15) is 13.6 Å². The number of carbonyl (C=O) groups is 1. The molecule has 1 heterocycles. The van der Waals surface area contributed by atoms with Crippen molar-refractivity contribution < 1.29 is 18.3 Å². The van der Waals surface area contributed by atoms with Gasteiger partial charge in [0, 0.05) is 5.56 Å². The Morgan fingerprint density at radius 1 is 1.19 bits per heavy atom. The highest BCUT2D eigenvalue weighted by Gasteiger charge is 2.08. The number of carbonyl (C=O) groups excluding carboxylic acids is 1. The number of aromatic nitrogens is 4. The van der Waals surface area contributed by atoms with Crippen molar-refractivity contribution >= 4 is 12.1 Å². The van der Waals surface area contributed by atoms with Crippen molar-refractivity contribution in [1.29, 1.82) is 0 Å². The van der Waals surface area contributed by atoms with Crippen molar-refractivity contribution in [3.8, 4) is 17.1 Å². The average Bonchev–Trinajstić information content (AvgIpc) is 3.12. The molecular weight excluding hydrogens is 358 g/mol. The molecule has 0 aliphatic rings. The van der Waals surface area contributed by atoms with E-state index < -0.39 is 12.5 Å². The SMILES string of the molecule is O=C(Cn1nnc(-c2ccccc2)n1)N/N=C/c1ccc(OC(F)F)cc1. The number of nitrogens with zero attached hydrogens (tertiary/aromatic N) is 5. The first kappa shape index (κ1) is 18.1. The van der Waals surface area contributed by atoms with Crippen molar-refractivity contribution in [2.24, 2.45) is 5.10 Å². The normalized spacial score (nSPS) is 11.1. The van der Waals surface area contributed by atoms with Crippen LogP contribution in [-0.2, 0) is 11.3 Å². The summed E-state index contributed by atoms with van der Waals surface area (Å²) in [5, 5.41) is 15.6. The van der Waals surface area contributed by atoms with E-state index in [-0.39, 0.29) is 12.3 Å². The molecule has 27 heavy (non-hydrogen) atoms. The molecule has 1 amide bonds. The lowest BCUT2D eigenvalue weighted by Crippen LogP contribution is -2.24. The lowest BCUT2D eigenvalue weighted by atomic mass is 10.2. The minimum absolute atomic E-state index is 0.0395. The van der Waals surface area contributed by atoms with Crippen LogP contribution in [0.25, 0.3) is 11.4 Å². The van der Waals surface area contributed by atoms with Gasteiger partial charge in [-0.15, -0.1) is 10.2 Å². The predicted molar refractivity (Wildman–Crippen MR) is 92.1 cm³/mol. The van der Waals surface area contributed by atoms with E-state index >= 15 is 0 Å². The van der Waals surface area contributed by atoms with E-state index in [0.717, 1.165) is 10.4 Å². The highest BCUT2D eigenvalue weighted by atomic mass is 19.3. The van der Waals surface area contributed by atoms with Gasteiger partial charge in [-0.2, -0.15) is 18.7 Å². The Kier molecular flexibility index (Phi) is 5.77. The zero-order valence-electron chi connectivity index (χ0n) is 13.9. The number of amides is 1. The quantitative estimate of drug-likeness (QED) is 0.506. The Bertz CT molecular complexity index is 913. The summed E-state index contributed by atoms with van der Waals surface area (Å²) < 4.78 is 28.4. The Hall–Kier alpha value is -3.69. The van der Waals surface area contributed by atoms with E-state index in [0.29, 0.717) is 11.4 Å². The molecule has 2 aromatic carbocycles. The van der Waals surface area contributed by atoms with Crippen LogP contribution in [0, 0.1) is 0 Å². The van der Waals surface area contributed by atoms with E-state index in [1.807, 2.05) is 30.3 Å². The molecule has 138 valence electrons. The van der Waals surface area contributed by atoms with Crippen molar-refractivity contribution in [3.05, 3.63) is 60.2 Å². The third kappa shape index (κ3) is 5.39. The van der Waals surface area contributed by atoms with Crippen molar-refractivity contribution in [3.63, 3.8) is 0 Å². The fourth-order valence-electron chi connectivity index (χ4n) is 2.09. The fourth-order valence-corrected chi connectivity index (χ4v) is 2.09. The summed E-state index contributed by atoms with van der Waals surface area (Å²) in [7, 11) is 0. The van der Waals surface area contributed by atoms with Crippen molar-refractivity contribution in [1.82, 2.24) is 25.6 Å². The first-order valence-corrected chi connectivity index (χ1v) is 7.80. The summed E-state index contributed by atoms with van der Waals surface area (Å²) in [5.74, 6) is 0.0107. The maximum absolute atomic E-state index is 12.1. The highest BCUT2D eigenvalue weighted by molar-refractivity contribution is 5.82. The van der Waals surface area contributed by atoms with Gasteiger partial charge in [0.05, 0.1) is 6.21 Å². The molecular formula is C17H14F2N6O2. The molecule has 10 heteroatoms. The molecule has 0 aliphatic heterocycles. The number of alkyl halides is 2. The third-order valence-corrected chi connectivity index (χ3v) is 3.28. The number of halogens is 2. The van der Waals surface area contributed by atoms with Crippen molar-refractivity contribution in [2.45, 2.75) is 13.2 Å². The lowest BCUT2D eigenvalue weighted by Gasteiger charge is -2.03. The Morgan fingerprint density at radius 3 is 2.63 bits per heavy atom. The van der Waals surface area contributed by atoms with Crippen LogP contribution >= 0.6 is 0 Å². The molecule has 0 radical (unpaired) electrons. The summed E-state index contributed by atoms with van der Waals surface area (Å²) in [5.41, 5.74) is 3.72. The molecule has 0 spiro atoms. The largest absolute Gasteiger partial charge is 0.435 e. The lowest BCUT2D eigenvalue weighted by molar-refractivity contribution is -0.122. The van der Waals surface area contributed by atoms with Gasteiger partial charge < -0.3 is 4.74 Å². The maximum atomic E-state index is 12.1. The van der Waals surface area contributed by atoms with E-state index in [1.54, 1.807) is 0 Å². The van der Waals surface area contributed by atoms with Gasteiger partial charge in [-0.05, 0) is 35.0 Å². The van der Waals surface area contributed by atoms with Crippen LogP contribution in [0.2, 0.25) is 0 Å². The molecule has 0 unspecified atom stereocenters. The number of hydrazone groups is 1. The molecule has 0 aliphatic carbocycles. The number of nitrogens with one attached hydrogen (secondary N) is 1. The second kappa shape index (κ2) is 8.61. The van der Waals surface area contributed by atoms with E-state index in [1.165, 1.54) is 30.5 Å². The molecule has 0 atom stereocenters. The molecule has 3 aromatic rings.